The summed E-state index contributed by atoms with van der Waals surface area (Å²) in [5, 5.41) is 2.83. The fourth-order valence-corrected chi connectivity index (χ4v) is 3.24. The van der Waals surface area contributed by atoms with Gasteiger partial charge in [-0.3, -0.25) is 9.78 Å². The summed E-state index contributed by atoms with van der Waals surface area (Å²) in [6.07, 6.45) is 0.879. The Kier molecular flexibility index (Phi) is 4.62. The van der Waals surface area contributed by atoms with Crippen molar-refractivity contribution in [1.29, 1.82) is 0 Å². The monoisotopic (exact) mass is 420 g/mol. The van der Waals surface area contributed by atoms with Crippen LogP contribution in [0.1, 0.15) is 23.0 Å². The molecule has 1 aliphatic heterocycles. The Hall–Kier alpha value is -3.20. The third kappa shape index (κ3) is 3.73. The molecule has 2 aromatic heterocycles. The van der Waals surface area contributed by atoms with E-state index in [0.29, 0.717) is 23.5 Å². The zero-order chi connectivity index (χ0) is 20.8. The van der Waals surface area contributed by atoms with Crippen LogP contribution >= 0.6 is 11.6 Å². The van der Waals surface area contributed by atoms with Gasteiger partial charge in [-0.2, -0.15) is 0 Å². The van der Waals surface area contributed by atoms with Gasteiger partial charge in [0, 0.05) is 24.4 Å². The molecule has 7 nitrogen and oxygen atoms in total. The molecular weight excluding hydrogens is 406 g/mol. The van der Waals surface area contributed by atoms with E-state index in [4.69, 9.17) is 11.6 Å². The van der Waals surface area contributed by atoms with Crippen LogP contribution in [0.25, 0.3) is 11.3 Å². The molecule has 0 fully saturated rings. The van der Waals surface area contributed by atoms with Crippen molar-refractivity contribution in [3.8, 4) is 22.8 Å². The van der Waals surface area contributed by atoms with Crippen LogP contribution in [-0.2, 0) is 6.54 Å². The van der Waals surface area contributed by atoms with Gasteiger partial charge in [-0.25, -0.2) is 4.98 Å². The molecule has 0 spiro atoms. The Labute approximate surface area is 169 Å². The van der Waals surface area contributed by atoms with E-state index in [-0.39, 0.29) is 28.2 Å². The Balaban J connectivity index is 1.55. The number of alkyl halides is 2. The summed E-state index contributed by atoms with van der Waals surface area (Å²) >= 11 is 6.15. The van der Waals surface area contributed by atoms with Crippen LogP contribution in [0, 0.1) is 6.92 Å². The van der Waals surface area contributed by atoms with Gasteiger partial charge in [0.25, 0.3) is 5.91 Å². The van der Waals surface area contributed by atoms with E-state index in [2.05, 4.69) is 24.8 Å². The number of aryl methyl sites for hydroxylation is 2. The van der Waals surface area contributed by atoms with Gasteiger partial charge in [-0.1, -0.05) is 11.6 Å². The summed E-state index contributed by atoms with van der Waals surface area (Å²) in [6, 6.07) is 4.31. The van der Waals surface area contributed by atoms with E-state index in [0.717, 1.165) is 5.56 Å². The number of aromatic nitrogens is 3. The normalized spacial score (nSPS) is 14.1. The average Bonchev–Trinajstić information content (AvgIpc) is 3.19. The molecule has 0 saturated carbocycles. The zero-order valence-corrected chi connectivity index (χ0v) is 16.1. The number of carbonyl (C=O) groups excluding carboxylic acids is 1. The minimum Gasteiger partial charge on any atom is -0.395 e. The van der Waals surface area contributed by atoms with Crippen molar-refractivity contribution in [3.05, 3.63) is 53.1 Å². The molecule has 3 aromatic rings. The number of halogens is 3. The van der Waals surface area contributed by atoms with Crippen LogP contribution in [0.15, 0.2) is 36.8 Å². The van der Waals surface area contributed by atoms with Crippen LogP contribution in [-0.4, -0.2) is 26.7 Å². The summed E-state index contributed by atoms with van der Waals surface area (Å²) in [5.41, 5.74) is 2.15. The topological polar surface area (TPSA) is 78.3 Å². The molecule has 0 saturated heterocycles. The minimum atomic E-state index is -3.74. The highest BCUT2D eigenvalue weighted by Crippen LogP contribution is 2.45. The quantitative estimate of drug-likeness (QED) is 0.672. The van der Waals surface area contributed by atoms with Gasteiger partial charge < -0.3 is 19.4 Å². The number of benzene rings is 1. The maximum atomic E-state index is 13.2. The van der Waals surface area contributed by atoms with E-state index in [1.165, 1.54) is 24.5 Å². The lowest BCUT2D eigenvalue weighted by Gasteiger charge is -2.08. The second-order valence-electron chi connectivity index (χ2n) is 6.38. The molecule has 0 unspecified atom stereocenters. The first-order chi connectivity index (χ1) is 13.8. The smallest absolute Gasteiger partial charge is 0.395 e. The van der Waals surface area contributed by atoms with Gasteiger partial charge in [0.2, 0.25) is 0 Å². The molecule has 0 bridgehead atoms. The number of ether oxygens (including phenoxy) is 2. The Morgan fingerprint density at radius 3 is 2.59 bits per heavy atom. The van der Waals surface area contributed by atoms with Crippen molar-refractivity contribution in [2.24, 2.45) is 0 Å². The first kappa shape index (κ1) is 19.1. The molecule has 0 atom stereocenters. The van der Waals surface area contributed by atoms with Crippen LogP contribution in [0.5, 0.6) is 11.5 Å². The predicted molar refractivity (Wildman–Crippen MR) is 101 cm³/mol. The fraction of sp³-hybridized carbons (Fsp3) is 0.211. The van der Waals surface area contributed by atoms with Crippen molar-refractivity contribution < 1.29 is 23.0 Å². The third-order valence-corrected chi connectivity index (χ3v) is 4.58. The Morgan fingerprint density at radius 1 is 1.21 bits per heavy atom. The fourth-order valence-electron chi connectivity index (χ4n) is 2.99. The minimum absolute atomic E-state index is 0.146. The molecular formula is C19H15ClF2N4O3. The van der Waals surface area contributed by atoms with Crippen molar-refractivity contribution in [2.75, 3.05) is 5.32 Å². The van der Waals surface area contributed by atoms with E-state index in [9.17, 15) is 13.6 Å². The summed E-state index contributed by atoms with van der Waals surface area (Å²) < 4.78 is 37.1. The molecule has 1 N–H and O–H groups in total. The van der Waals surface area contributed by atoms with Gasteiger partial charge in [0.05, 0.1) is 23.1 Å². The lowest BCUT2D eigenvalue weighted by atomic mass is 10.1. The third-order valence-electron chi connectivity index (χ3n) is 4.27. The van der Waals surface area contributed by atoms with Crippen molar-refractivity contribution in [2.45, 2.75) is 26.7 Å². The van der Waals surface area contributed by atoms with E-state index in [1.807, 2.05) is 24.6 Å². The Morgan fingerprint density at radius 2 is 1.93 bits per heavy atom. The molecule has 3 heterocycles. The molecule has 10 heteroatoms. The SMILES string of the molecule is CCn1cc(C)cc1C(=O)Nc1cnc(-c2cc3c(cc2Cl)OC(F)(F)O3)cn1. The highest BCUT2D eigenvalue weighted by Gasteiger charge is 2.43. The van der Waals surface area contributed by atoms with Gasteiger partial charge >= 0.3 is 6.29 Å². The molecule has 29 heavy (non-hydrogen) atoms. The lowest BCUT2D eigenvalue weighted by molar-refractivity contribution is -0.286. The summed E-state index contributed by atoms with van der Waals surface area (Å²) in [4.78, 5) is 20.9. The molecule has 0 radical (unpaired) electrons. The number of nitrogens with one attached hydrogen (secondary N) is 1. The number of hydrogen-bond acceptors (Lipinski definition) is 5. The van der Waals surface area contributed by atoms with Gasteiger partial charge in [0.15, 0.2) is 17.3 Å². The second-order valence-corrected chi connectivity index (χ2v) is 6.78. The van der Waals surface area contributed by atoms with Gasteiger partial charge in [-0.05, 0) is 31.5 Å². The number of amides is 1. The maximum absolute atomic E-state index is 13.2. The molecule has 1 amide bonds. The summed E-state index contributed by atoms with van der Waals surface area (Å²) in [6.45, 7) is 4.50. The van der Waals surface area contributed by atoms with Crippen molar-refractivity contribution in [3.63, 3.8) is 0 Å². The van der Waals surface area contributed by atoms with Crippen LogP contribution in [0.2, 0.25) is 5.02 Å². The second kappa shape index (κ2) is 7.00. The first-order valence-electron chi connectivity index (χ1n) is 8.65. The number of rotatable bonds is 4. The number of carbonyl (C=O) groups is 1. The molecule has 1 aliphatic rings. The van der Waals surface area contributed by atoms with Crippen LogP contribution in [0.3, 0.4) is 0 Å². The number of hydrogen-bond donors (Lipinski definition) is 1. The standard InChI is InChI=1S/C19H15ClF2N4O3/c1-3-26-9-10(2)4-14(26)18(27)25-17-8-23-13(7-24-17)11-5-15-16(6-12(11)20)29-19(21,22)28-15/h4-9H,3H2,1-2H3,(H,24,25,27). The highest BCUT2D eigenvalue weighted by molar-refractivity contribution is 6.33. The zero-order valence-electron chi connectivity index (χ0n) is 15.4. The van der Waals surface area contributed by atoms with E-state index >= 15 is 0 Å². The van der Waals surface area contributed by atoms with Crippen molar-refractivity contribution >= 4 is 23.3 Å². The number of nitrogens with zero attached hydrogens (tertiary/aromatic N) is 3. The van der Waals surface area contributed by atoms with Crippen molar-refractivity contribution in [1.82, 2.24) is 14.5 Å². The largest absolute Gasteiger partial charge is 0.586 e. The first-order valence-corrected chi connectivity index (χ1v) is 9.03. The van der Waals surface area contributed by atoms with Gasteiger partial charge in [-0.15, -0.1) is 8.78 Å². The summed E-state index contributed by atoms with van der Waals surface area (Å²) in [7, 11) is 0. The predicted octanol–water partition coefficient (Wildman–Crippen LogP) is 4.50. The Bertz CT molecular complexity index is 1100. The molecule has 150 valence electrons. The number of fused-ring (bicyclic) bond motifs is 1. The van der Waals surface area contributed by atoms with Crippen LogP contribution in [0.4, 0.5) is 14.6 Å². The molecule has 4 rings (SSSR count). The van der Waals surface area contributed by atoms with Crippen LogP contribution < -0.4 is 14.8 Å². The molecule has 0 aliphatic carbocycles. The van der Waals surface area contributed by atoms with Gasteiger partial charge in [0.1, 0.15) is 5.69 Å². The summed E-state index contributed by atoms with van der Waals surface area (Å²) in [5.74, 6) is -0.381. The highest BCUT2D eigenvalue weighted by atomic mass is 35.5. The maximum Gasteiger partial charge on any atom is 0.586 e. The average molecular weight is 421 g/mol. The van der Waals surface area contributed by atoms with E-state index < -0.39 is 6.29 Å². The van der Waals surface area contributed by atoms with E-state index in [1.54, 1.807) is 6.07 Å². The number of anilines is 1. The lowest BCUT2D eigenvalue weighted by Crippen LogP contribution is -2.25. The molecule has 1 aromatic carbocycles.